The van der Waals surface area contributed by atoms with Gasteiger partial charge in [-0.05, 0) is 32.0 Å². The first-order valence-electron chi connectivity index (χ1n) is 7.48. The molecule has 0 aliphatic rings. The molecule has 0 saturated heterocycles. The number of aryl methyl sites for hydroxylation is 1. The second kappa shape index (κ2) is 7.81. The van der Waals surface area contributed by atoms with Gasteiger partial charge in [0.2, 0.25) is 5.78 Å². The summed E-state index contributed by atoms with van der Waals surface area (Å²) < 4.78 is 37.9. The normalized spacial score (nSPS) is 11.8. The molecule has 2 rings (SSSR count). The fourth-order valence-electron chi connectivity index (χ4n) is 1.98. The smallest absolute Gasteiger partial charge is 0.297 e. The summed E-state index contributed by atoms with van der Waals surface area (Å²) in [5, 5.41) is 5.54. The Morgan fingerprint density at radius 3 is 2.35 bits per heavy atom. The lowest BCUT2D eigenvalue weighted by Crippen LogP contribution is -2.16. The summed E-state index contributed by atoms with van der Waals surface area (Å²) in [4.78, 5) is 28.3. The summed E-state index contributed by atoms with van der Waals surface area (Å²) in [5.41, 5.74) is 0.256. The molecule has 0 fully saturated rings. The van der Waals surface area contributed by atoms with Crippen molar-refractivity contribution in [2.24, 2.45) is 5.16 Å². The van der Waals surface area contributed by atoms with Crippen LogP contribution in [0.4, 0.5) is 23.7 Å². The first kappa shape index (κ1) is 19.2. The van der Waals surface area contributed by atoms with Gasteiger partial charge in [-0.15, -0.1) is 0 Å². The van der Waals surface area contributed by atoms with Gasteiger partial charge in [0.25, 0.3) is 0 Å². The monoisotopic (exact) mass is 364 g/mol. The molecule has 2 aromatic rings. The standard InChI is InChI=1S/C18H15F3N2O3/c1-11-6-8-13(9-7-11)16(24)12(2)23-26-17(25)22-15-5-3-4-14(10-15)18(19,20)21/h3-10H,1-2H3,(H,22,25)/b23-12-. The number of ketones is 1. The number of carbonyl (C=O) groups is 2. The lowest BCUT2D eigenvalue weighted by molar-refractivity contribution is -0.137. The van der Waals surface area contributed by atoms with Gasteiger partial charge in [0.05, 0.1) is 5.56 Å². The Morgan fingerprint density at radius 2 is 1.73 bits per heavy atom. The maximum absolute atomic E-state index is 12.6. The zero-order valence-corrected chi connectivity index (χ0v) is 13.9. The number of alkyl halides is 3. The molecule has 0 aromatic heterocycles. The molecule has 0 bridgehead atoms. The van der Waals surface area contributed by atoms with E-state index in [4.69, 9.17) is 0 Å². The van der Waals surface area contributed by atoms with Gasteiger partial charge >= 0.3 is 12.3 Å². The fourth-order valence-corrected chi connectivity index (χ4v) is 1.98. The summed E-state index contributed by atoms with van der Waals surface area (Å²) >= 11 is 0. The lowest BCUT2D eigenvalue weighted by Gasteiger charge is -2.09. The molecule has 2 aromatic carbocycles. The highest BCUT2D eigenvalue weighted by molar-refractivity contribution is 6.45. The molecule has 0 aliphatic carbocycles. The zero-order chi connectivity index (χ0) is 19.3. The molecule has 136 valence electrons. The van der Waals surface area contributed by atoms with E-state index in [0.29, 0.717) is 5.56 Å². The molecular weight excluding hydrogens is 349 g/mol. The molecule has 0 radical (unpaired) electrons. The number of rotatable bonds is 4. The number of amides is 1. The number of halogens is 3. The van der Waals surface area contributed by atoms with Crippen LogP contribution in [0.1, 0.15) is 28.4 Å². The van der Waals surface area contributed by atoms with Crippen molar-refractivity contribution in [2.75, 3.05) is 5.32 Å². The average molecular weight is 364 g/mol. The summed E-state index contributed by atoms with van der Waals surface area (Å²) in [6, 6.07) is 10.8. The van der Waals surface area contributed by atoms with E-state index in [-0.39, 0.29) is 11.4 Å². The number of hydrogen-bond donors (Lipinski definition) is 1. The van der Waals surface area contributed by atoms with Gasteiger partial charge in [0.15, 0.2) is 0 Å². The zero-order valence-electron chi connectivity index (χ0n) is 13.9. The Kier molecular flexibility index (Phi) is 5.76. The summed E-state index contributed by atoms with van der Waals surface area (Å²) in [6.07, 6.45) is -5.64. The van der Waals surface area contributed by atoms with Crippen LogP contribution in [-0.4, -0.2) is 17.6 Å². The van der Waals surface area contributed by atoms with Crippen LogP contribution in [0.3, 0.4) is 0 Å². The lowest BCUT2D eigenvalue weighted by atomic mass is 10.1. The van der Waals surface area contributed by atoms with Crippen molar-refractivity contribution in [3.8, 4) is 0 Å². The predicted molar refractivity (Wildman–Crippen MR) is 90.2 cm³/mol. The second-order valence-corrected chi connectivity index (χ2v) is 5.45. The van der Waals surface area contributed by atoms with E-state index in [1.807, 2.05) is 6.92 Å². The molecule has 0 heterocycles. The van der Waals surface area contributed by atoms with E-state index >= 15 is 0 Å². The fraction of sp³-hybridized carbons (Fsp3) is 0.167. The third-order valence-electron chi connectivity index (χ3n) is 3.34. The highest BCUT2D eigenvalue weighted by Crippen LogP contribution is 2.30. The van der Waals surface area contributed by atoms with Crippen LogP contribution >= 0.6 is 0 Å². The highest BCUT2D eigenvalue weighted by atomic mass is 19.4. The van der Waals surface area contributed by atoms with E-state index in [1.54, 1.807) is 24.3 Å². The topological polar surface area (TPSA) is 67.8 Å². The first-order chi connectivity index (χ1) is 12.2. The Balaban J connectivity index is 2.00. The highest BCUT2D eigenvalue weighted by Gasteiger charge is 2.30. The van der Waals surface area contributed by atoms with Crippen LogP contribution in [0.25, 0.3) is 0 Å². The molecule has 1 N–H and O–H groups in total. The van der Waals surface area contributed by atoms with Crippen molar-refractivity contribution in [2.45, 2.75) is 20.0 Å². The molecule has 0 spiro atoms. The van der Waals surface area contributed by atoms with Crippen LogP contribution in [0, 0.1) is 6.92 Å². The molecule has 0 atom stereocenters. The van der Waals surface area contributed by atoms with E-state index in [9.17, 15) is 22.8 Å². The minimum atomic E-state index is -4.53. The predicted octanol–water partition coefficient (Wildman–Crippen LogP) is 4.82. The van der Waals surface area contributed by atoms with Gasteiger partial charge in [-0.2, -0.15) is 13.2 Å². The number of nitrogens with zero attached hydrogens (tertiary/aromatic N) is 1. The van der Waals surface area contributed by atoms with E-state index in [1.165, 1.54) is 13.0 Å². The Labute approximate surface area is 147 Å². The minimum Gasteiger partial charge on any atom is -0.297 e. The van der Waals surface area contributed by atoms with Crippen molar-refractivity contribution in [1.29, 1.82) is 0 Å². The number of hydrogen-bond acceptors (Lipinski definition) is 4. The van der Waals surface area contributed by atoms with Gasteiger partial charge in [0.1, 0.15) is 5.71 Å². The Bertz CT molecular complexity index is 844. The van der Waals surface area contributed by atoms with Crippen molar-refractivity contribution < 1.29 is 27.6 Å². The molecule has 1 amide bonds. The first-order valence-corrected chi connectivity index (χ1v) is 7.48. The number of anilines is 1. The molecule has 0 unspecified atom stereocenters. The second-order valence-electron chi connectivity index (χ2n) is 5.45. The van der Waals surface area contributed by atoms with Crippen molar-refractivity contribution in [3.63, 3.8) is 0 Å². The third-order valence-corrected chi connectivity index (χ3v) is 3.34. The third kappa shape index (κ3) is 5.17. The maximum Gasteiger partial charge on any atom is 0.437 e. The van der Waals surface area contributed by atoms with E-state index < -0.39 is 23.6 Å². The van der Waals surface area contributed by atoms with E-state index in [2.05, 4.69) is 15.3 Å². The summed E-state index contributed by atoms with van der Waals surface area (Å²) in [6.45, 7) is 3.23. The van der Waals surface area contributed by atoms with Crippen LogP contribution in [0.5, 0.6) is 0 Å². The number of oxime groups is 1. The van der Waals surface area contributed by atoms with Crippen molar-refractivity contribution >= 4 is 23.3 Å². The average Bonchev–Trinajstić information content (AvgIpc) is 2.59. The van der Waals surface area contributed by atoms with Gasteiger partial charge in [-0.1, -0.05) is 41.1 Å². The Morgan fingerprint density at radius 1 is 1.08 bits per heavy atom. The molecule has 0 saturated carbocycles. The quantitative estimate of drug-likeness (QED) is 0.366. The maximum atomic E-state index is 12.6. The SMILES string of the molecule is C/C(=N/OC(=O)Nc1cccc(C(F)(F)F)c1)C(=O)c1ccc(C)cc1. The largest absolute Gasteiger partial charge is 0.437 e. The van der Waals surface area contributed by atoms with Gasteiger partial charge < -0.3 is 0 Å². The number of Topliss-reactive ketones (excluding diaryl/α,β-unsaturated/α-hetero) is 1. The van der Waals surface area contributed by atoms with Crippen LogP contribution in [-0.2, 0) is 11.0 Å². The van der Waals surface area contributed by atoms with E-state index in [0.717, 1.165) is 23.8 Å². The molecular formula is C18H15F3N2O3. The van der Waals surface area contributed by atoms with Gasteiger partial charge in [0, 0.05) is 11.3 Å². The molecule has 0 aliphatic heterocycles. The van der Waals surface area contributed by atoms with Crippen LogP contribution in [0.15, 0.2) is 53.7 Å². The van der Waals surface area contributed by atoms with Crippen molar-refractivity contribution in [3.05, 3.63) is 65.2 Å². The summed E-state index contributed by atoms with van der Waals surface area (Å²) in [7, 11) is 0. The number of benzene rings is 2. The van der Waals surface area contributed by atoms with Crippen LogP contribution < -0.4 is 5.32 Å². The molecule has 5 nitrogen and oxygen atoms in total. The number of carbonyl (C=O) groups excluding carboxylic acids is 2. The van der Waals surface area contributed by atoms with Crippen LogP contribution in [0.2, 0.25) is 0 Å². The van der Waals surface area contributed by atoms with Crippen molar-refractivity contribution in [1.82, 2.24) is 0 Å². The number of nitrogens with one attached hydrogen (secondary N) is 1. The molecule has 8 heteroatoms. The Hall–Kier alpha value is -3.16. The van der Waals surface area contributed by atoms with Gasteiger partial charge in [-0.3, -0.25) is 14.9 Å². The molecule has 26 heavy (non-hydrogen) atoms. The summed E-state index contributed by atoms with van der Waals surface area (Å²) in [5.74, 6) is -0.433. The van der Waals surface area contributed by atoms with Gasteiger partial charge in [-0.25, -0.2) is 4.79 Å². The minimum absolute atomic E-state index is 0.0759.